The Morgan fingerprint density at radius 2 is 2.15 bits per heavy atom. The summed E-state index contributed by atoms with van der Waals surface area (Å²) in [5, 5.41) is 18.2. The maximum atomic E-state index is 5.12. The molecule has 9 nitrogen and oxygen atoms in total. The van der Waals surface area contributed by atoms with Gasteiger partial charge >= 0.3 is 0 Å². The van der Waals surface area contributed by atoms with Crippen molar-refractivity contribution >= 4 is 17.7 Å². The van der Waals surface area contributed by atoms with Gasteiger partial charge in [-0.25, -0.2) is 0 Å². The zero-order chi connectivity index (χ0) is 9.26. The summed E-state index contributed by atoms with van der Waals surface area (Å²) in [6.45, 7) is 0. The molecule has 2 aromatic heterocycles. The molecule has 0 saturated carbocycles. The van der Waals surface area contributed by atoms with Gasteiger partial charge in [-0.2, -0.15) is 9.51 Å². The third-order valence-electron chi connectivity index (χ3n) is 1.17. The Balaban J connectivity index is 2.54. The Bertz CT molecular complexity index is 451. The van der Waals surface area contributed by atoms with Crippen LogP contribution in [0.25, 0.3) is 5.78 Å². The zero-order valence-corrected chi connectivity index (χ0v) is 6.36. The van der Waals surface area contributed by atoms with Crippen LogP contribution >= 0.6 is 0 Å². The lowest BCUT2D eigenvalue weighted by atomic mass is 10.9. The lowest BCUT2D eigenvalue weighted by molar-refractivity contribution is 0.825. The highest BCUT2D eigenvalue weighted by Crippen LogP contribution is 1.98. The highest BCUT2D eigenvalue weighted by atomic mass is 15.5. The van der Waals surface area contributed by atoms with Crippen molar-refractivity contribution in [1.82, 2.24) is 30.0 Å². The molecule has 0 aromatic carbocycles. The number of nitrogens with zero attached hydrogens (tertiary/aromatic N) is 7. The van der Waals surface area contributed by atoms with Crippen molar-refractivity contribution in [3.63, 3.8) is 0 Å². The molecule has 13 heavy (non-hydrogen) atoms. The minimum atomic E-state index is -0.130. The minimum Gasteiger partial charge on any atom is -0.370 e. The second-order valence-corrected chi connectivity index (χ2v) is 2.11. The van der Waals surface area contributed by atoms with Gasteiger partial charge in [-0.15, -0.1) is 25.5 Å². The van der Waals surface area contributed by atoms with E-state index in [-0.39, 0.29) is 17.7 Å². The number of rotatable bonds is 1. The Hall–Kier alpha value is -2.32. The van der Waals surface area contributed by atoms with Gasteiger partial charge in [0.05, 0.1) is 0 Å². The van der Waals surface area contributed by atoms with E-state index in [0.29, 0.717) is 0 Å². The van der Waals surface area contributed by atoms with E-state index in [0.717, 1.165) is 0 Å². The van der Waals surface area contributed by atoms with Gasteiger partial charge in [-0.3, -0.25) is 0 Å². The third-order valence-corrected chi connectivity index (χ3v) is 1.17. The molecular weight excluding hydrogens is 174 g/mol. The molecule has 66 valence electrons. The van der Waals surface area contributed by atoms with E-state index in [1.165, 1.54) is 10.8 Å². The molecule has 9 heteroatoms. The average molecular weight is 179 g/mol. The van der Waals surface area contributed by atoms with Gasteiger partial charge < -0.3 is 11.5 Å². The summed E-state index contributed by atoms with van der Waals surface area (Å²) in [4.78, 5) is 3.60. The van der Waals surface area contributed by atoms with Crippen molar-refractivity contribution in [2.45, 2.75) is 0 Å². The van der Waals surface area contributed by atoms with E-state index in [2.05, 4.69) is 30.5 Å². The van der Waals surface area contributed by atoms with Crippen molar-refractivity contribution in [2.24, 2.45) is 16.5 Å². The van der Waals surface area contributed by atoms with Crippen LogP contribution in [-0.4, -0.2) is 36.0 Å². The maximum Gasteiger partial charge on any atom is 0.290 e. The normalized spacial score (nSPS) is 10.2. The first kappa shape index (κ1) is 7.34. The van der Waals surface area contributed by atoms with Gasteiger partial charge in [0.2, 0.25) is 0 Å². The molecule has 0 aliphatic heterocycles. The van der Waals surface area contributed by atoms with E-state index in [1.54, 1.807) is 0 Å². The summed E-state index contributed by atoms with van der Waals surface area (Å²) in [6, 6.07) is 0. The van der Waals surface area contributed by atoms with E-state index in [9.17, 15) is 0 Å². The van der Waals surface area contributed by atoms with Gasteiger partial charge in [-0.1, -0.05) is 0 Å². The monoisotopic (exact) mass is 179 g/mol. The van der Waals surface area contributed by atoms with E-state index >= 15 is 0 Å². The largest absolute Gasteiger partial charge is 0.370 e. The Kier molecular flexibility index (Phi) is 1.48. The van der Waals surface area contributed by atoms with Crippen molar-refractivity contribution in [1.29, 1.82) is 0 Å². The quantitative estimate of drug-likeness (QED) is 0.375. The molecule has 0 saturated heterocycles. The van der Waals surface area contributed by atoms with Gasteiger partial charge in [-0.05, 0) is 0 Å². The molecule has 0 bridgehead atoms. The van der Waals surface area contributed by atoms with Gasteiger partial charge in [0.1, 0.15) is 6.33 Å². The molecular formula is C4H5N9. The summed E-state index contributed by atoms with van der Waals surface area (Å²) in [7, 11) is 0. The van der Waals surface area contributed by atoms with Crippen LogP contribution in [0.1, 0.15) is 0 Å². The first-order chi connectivity index (χ1) is 6.25. The SMILES string of the molecule is NC(N)=Nc1nnc2nncn2n1. The van der Waals surface area contributed by atoms with Crippen LogP contribution in [0.4, 0.5) is 5.95 Å². The molecule has 0 fully saturated rings. The molecule has 0 amide bonds. The lowest BCUT2D eigenvalue weighted by Crippen LogP contribution is -2.22. The van der Waals surface area contributed by atoms with E-state index in [1.807, 2.05) is 0 Å². The van der Waals surface area contributed by atoms with Crippen LogP contribution < -0.4 is 11.5 Å². The number of aromatic nitrogens is 6. The molecule has 0 radical (unpaired) electrons. The van der Waals surface area contributed by atoms with Crippen LogP contribution in [-0.2, 0) is 0 Å². The second kappa shape index (κ2) is 2.62. The summed E-state index contributed by atoms with van der Waals surface area (Å²) < 4.78 is 1.31. The first-order valence-electron chi connectivity index (χ1n) is 3.26. The Morgan fingerprint density at radius 3 is 2.92 bits per heavy atom. The van der Waals surface area contributed by atoms with Gasteiger partial charge in [0.15, 0.2) is 5.96 Å². The molecule has 0 spiro atoms. The number of nitrogens with two attached hydrogens (primary N) is 2. The molecule has 4 N–H and O–H groups in total. The predicted molar refractivity (Wildman–Crippen MR) is 41.8 cm³/mol. The van der Waals surface area contributed by atoms with Crippen molar-refractivity contribution in [3.8, 4) is 0 Å². The average Bonchev–Trinajstić information content (AvgIpc) is 2.49. The van der Waals surface area contributed by atoms with Crippen LogP contribution in [0.5, 0.6) is 0 Å². The standard InChI is InChI=1S/C4H5N9/c5-2(6)8-3-9-11-4-10-7-1-13(4)12-3/h1H,(H4,5,6,8,12). The fraction of sp³-hybridized carbons (Fsp3) is 0. The van der Waals surface area contributed by atoms with Crippen molar-refractivity contribution < 1.29 is 0 Å². The fourth-order valence-electron chi connectivity index (χ4n) is 0.726. The first-order valence-corrected chi connectivity index (χ1v) is 3.26. The van der Waals surface area contributed by atoms with E-state index in [4.69, 9.17) is 11.5 Å². The maximum absolute atomic E-state index is 5.12. The zero-order valence-electron chi connectivity index (χ0n) is 6.36. The van der Waals surface area contributed by atoms with Crippen LogP contribution in [0, 0.1) is 0 Å². The lowest BCUT2D eigenvalue weighted by Gasteiger charge is -1.91. The summed E-state index contributed by atoms with van der Waals surface area (Å²) in [5.74, 6) is 0.219. The molecule has 0 unspecified atom stereocenters. The Morgan fingerprint density at radius 1 is 1.31 bits per heavy atom. The summed E-state index contributed by atoms with van der Waals surface area (Å²) in [5.41, 5.74) is 10.2. The minimum absolute atomic E-state index is 0.0623. The molecule has 2 aromatic rings. The highest BCUT2D eigenvalue weighted by Gasteiger charge is 2.00. The number of hydrogen-bond acceptors (Lipinski definition) is 6. The smallest absolute Gasteiger partial charge is 0.290 e. The number of fused-ring (bicyclic) bond motifs is 1. The summed E-state index contributed by atoms with van der Waals surface area (Å²) >= 11 is 0. The van der Waals surface area contributed by atoms with Gasteiger partial charge in [0, 0.05) is 0 Å². The van der Waals surface area contributed by atoms with Gasteiger partial charge in [0.25, 0.3) is 11.7 Å². The molecule has 0 aliphatic rings. The molecule has 2 rings (SSSR count). The van der Waals surface area contributed by atoms with E-state index < -0.39 is 0 Å². The number of hydrogen-bond donors (Lipinski definition) is 2. The molecule has 0 aliphatic carbocycles. The molecule has 2 heterocycles. The van der Waals surface area contributed by atoms with Crippen LogP contribution in [0.3, 0.4) is 0 Å². The number of aliphatic imine (C=N–C) groups is 1. The van der Waals surface area contributed by atoms with Crippen molar-refractivity contribution in [2.75, 3.05) is 0 Å². The highest BCUT2D eigenvalue weighted by molar-refractivity contribution is 5.77. The van der Waals surface area contributed by atoms with Crippen molar-refractivity contribution in [3.05, 3.63) is 6.33 Å². The predicted octanol–water partition coefficient (Wildman–Crippen LogP) is -2.18. The third kappa shape index (κ3) is 1.34. The van der Waals surface area contributed by atoms with Crippen LogP contribution in [0.2, 0.25) is 0 Å². The summed E-state index contributed by atoms with van der Waals surface area (Å²) in [6.07, 6.45) is 1.37. The fourth-order valence-corrected chi connectivity index (χ4v) is 0.726. The Labute approximate surface area is 71.5 Å². The molecule has 0 atom stereocenters. The van der Waals surface area contributed by atoms with Crippen LogP contribution in [0.15, 0.2) is 11.3 Å². The second-order valence-electron chi connectivity index (χ2n) is 2.11. The topological polar surface area (TPSA) is 133 Å². The number of guanidine groups is 1.